The summed E-state index contributed by atoms with van der Waals surface area (Å²) < 4.78 is 5.16. The summed E-state index contributed by atoms with van der Waals surface area (Å²) in [5, 5.41) is 11.9. The van der Waals surface area contributed by atoms with Crippen molar-refractivity contribution in [3.05, 3.63) is 32.9 Å². The van der Waals surface area contributed by atoms with Crippen LogP contribution in [0.2, 0.25) is 0 Å². The number of methoxy groups -OCH3 is 1. The predicted molar refractivity (Wildman–Crippen MR) is 61.6 cm³/mol. The number of rotatable bonds is 4. The van der Waals surface area contributed by atoms with E-state index in [4.69, 9.17) is 4.74 Å². The number of aromatic nitrogens is 1. The van der Waals surface area contributed by atoms with Crippen LogP contribution in [0.15, 0.2) is 23.2 Å². The molecule has 0 bridgehead atoms. The molecule has 80 valence electrons. The fourth-order valence-electron chi connectivity index (χ4n) is 1.35. The molecule has 0 amide bonds. The highest BCUT2D eigenvalue weighted by Gasteiger charge is 2.15. The molecule has 1 atom stereocenters. The van der Waals surface area contributed by atoms with Gasteiger partial charge >= 0.3 is 0 Å². The summed E-state index contributed by atoms with van der Waals surface area (Å²) in [4.78, 5) is 5.94. The maximum atomic E-state index is 10.0. The molecule has 2 heterocycles. The van der Waals surface area contributed by atoms with Crippen molar-refractivity contribution in [1.82, 2.24) is 4.98 Å². The minimum atomic E-state index is -0.500. The Morgan fingerprint density at radius 3 is 3.07 bits per heavy atom. The van der Waals surface area contributed by atoms with E-state index in [0.29, 0.717) is 6.42 Å². The molecule has 0 aliphatic rings. The molecule has 0 saturated heterocycles. The first-order chi connectivity index (χ1) is 7.31. The Kier molecular flexibility index (Phi) is 3.35. The van der Waals surface area contributed by atoms with Crippen molar-refractivity contribution in [3.8, 4) is 5.75 Å². The number of aliphatic hydroxyl groups is 1. The van der Waals surface area contributed by atoms with Crippen molar-refractivity contribution in [2.75, 3.05) is 7.11 Å². The van der Waals surface area contributed by atoms with E-state index < -0.39 is 6.10 Å². The normalized spacial score (nSPS) is 12.7. The van der Waals surface area contributed by atoms with Crippen molar-refractivity contribution in [2.45, 2.75) is 12.5 Å². The molecule has 2 aromatic heterocycles. The van der Waals surface area contributed by atoms with Crippen molar-refractivity contribution < 1.29 is 9.84 Å². The Bertz CT molecular complexity index is 411. The van der Waals surface area contributed by atoms with Crippen LogP contribution >= 0.6 is 22.7 Å². The summed E-state index contributed by atoms with van der Waals surface area (Å²) in [5.41, 5.74) is 1.77. The monoisotopic (exact) mass is 241 g/mol. The first-order valence-corrected chi connectivity index (χ1v) is 6.24. The highest BCUT2D eigenvalue weighted by molar-refractivity contribution is 7.10. The Labute approximate surface area is 96.0 Å². The lowest BCUT2D eigenvalue weighted by Gasteiger charge is -2.08. The van der Waals surface area contributed by atoms with Gasteiger partial charge in [-0.15, -0.1) is 22.7 Å². The molecule has 1 unspecified atom stereocenters. The van der Waals surface area contributed by atoms with Gasteiger partial charge in [0.1, 0.15) is 5.75 Å². The smallest absolute Gasteiger partial charge is 0.135 e. The van der Waals surface area contributed by atoms with Crippen molar-refractivity contribution in [2.24, 2.45) is 0 Å². The fraction of sp³-hybridized carbons (Fsp3) is 0.300. The molecule has 0 fully saturated rings. The van der Waals surface area contributed by atoms with Gasteiger partial charge in [0, 0.05) is 17.5 Å². The lowest BCUT2D eigenvalue weighted by molar-refractivity contribution is 0.179. The van der Waals surface area contributed by atoms with Crippen LogP contribution in [0.5, 0.6) is 5.75 Å². The zero-order chi connectivity index (χ0) is 10.7. The van der Waals surface area contributed by atoms with Crippen molar-refractivity contribution in [3.63, 3.8) is 0 Å². The molecule has 15 heavy (non-hydrogen) atoms. The molecular weight excluding hydrogens is 230 g/mol. The van der Waals surface area contributed by atoms with Gasteiger partial charge in [-0.1, -0.05) is 0 Å². The van der Waals surface area contributed by atoms with E-state index in [1.165, 1.54) is 11.3 Å². The molecule has 2 rings (SSSR count). The van der Waals surface area contributed by atoms with Gasteiger partial charge in [-0.05, 0) is 11.4 Å². The van der Waals surface area contributed by atoms with E-state index in [0.717, 1.165) is 15.5 Å². The second-order valence-corrected chi connectivity index (χ2v) is 4.96. The van der Waals surface area contributed by atoms with Gasteiger partial charge in [0.25, 0.3) is 0 Å². The van der Waals surface area contributed by atoms with E-state index in [2.05, 4.69) is 4.98 Å². The topological polar surface area (TPSA) is 42.4 Å². The fourth-order valence-corrected chi connectivity index (χ4v) is 2.83. The maximum Gasteiger partial charge on any atom is 0.135 e. The number of hydrogen-bond acceptors (Lipinski definition) is 5. The average molecular weight is 241 g/mol. The molecule has 1 N–H and O–H groups in total. The third-order valence-electron chi connectivity index (χ3n) is 2.06. The zero-order valence-electron chi connectivity index (χ0n) is 8.21. The molecule has 0 aliphatic heterocycles. The van der Waals surface area contributed by atoms with E-state index >= 15 is 0 Å². The second kappa shape index (κ2) is 4.74. The summed E-state index contributed by atoms with van der Waals surface area (Å²) in [7, 11) is 1.62. The zero-order valence-corrected chi connectivity index (χ0v) is 9.85. The number of aliphatic hydroxyl groups excluding tert-OH is 1. The Morgan fingerprint density at radius 1 is 1.53 bits per heavy atom. The van der Waals surface area contributed by atoms with Gasteiger partial charge in [0.2, 0.25) is 0 Å². The Morgan fingerprint density at radius 2 is 2.40 bits per heavy atom. The van der Waals surface area contributed by atoms with Gasteiger partial charge in [-0.3, -0.25) is 4.98 Å². The first kappa shape index (κ1) is 10.6. The van der Waals surface area contributed by atoms with Gasteiger partial charge < -0.3 is 9.84 Å². The van der Waals surface area contributed by atoms with Crippen LogP contribution in [-0.2, 0) is 6.42 Å². The first-order valence-electron chi connectivity index (χ1n) is 4.48. The molecule has 2 aromatic rings. The number of ether oxygens (including phenoxy) is 1. The summed E-state index contributed by atoms with van der Waals surface area (Å²) in [6.07, 6.45) is 1.88. The van der Waals surface area contributed by atoms with Crippen LogP contribution in [0.4, 0.5) is 0 Å². The molecule has 0 spiro atoms. The molecule has 0 aromatic carbocycles. The van der Waals surface area contributed by atoms with E-state index in [1.807, 2.05) is 11.4 Å². The molecule has 0 saturated carbocycles. The standard InChI is InChI=1S/C10H11NO2S2/c1-13-9-2-3-14-10(9)8(12)4-7-5-11-6-15-7/h2-3,5-6,8,12H,4H2,1H3. The Balaban J connectivity index is 2.11. The highest BCUT2D eigenvalue weighted by atomic mass is 32.1. The predicted octanol–water partition coefficient (Wildman–Crippen LogP) is 2.49. The SMILES string of the molecule is COc1ccsc1C(O)Cc1cncs1. The van der Waals surface area contributed by atoms with Crippen LogP contribution in [-0.4, -0.2) is 17.2 Å². The highest BCUT2D eigenvalue weighted by Crippen LogP contribution is 2.32. The van der Waals surface area contributed by atoms with E-state index in [1.54, 1.807) is 30.2 Å². The minimum absolute atomic E-state index is 0.500. The van der Waals surface area contributed by atoms with Crippen molar-refractivity contribution >= 4 is 22.7 Å². The van der Waals surface area contributed by atoms with Gasteiger partial charge in [-0.25, -0.2) is 0 Å². The second-order valence-electron chi connectivity index (χ2n) is 3.04. The molecule has 0 aliphatic carbocycles. The largest absolute Gasteiger partial charge is 0.495 e. The quantitative estimate of drug-likeness (QED) is 0.894. The lowest BCUT2D eigenvalue weighted by Crippen LogP contribution is -1.99. The summed E-state index contributed by atoms with van der Waals surface area (Å²) in [5.74, 6) is 0.761. The molecule has 3 nitrogen and oxygen atoms in total. The van der Waals surface area contributed by atoms with Gasteiger partial charge in [-0.2, -0.15) is 0 Å². The Hall–Kier alpha value is -0.910. The molecule has 5 heteroatoms. The molecule has 0 radical (unpaired) electrons. The maximum absolute atomic E-state index is 10.0. The van der Waals surface area contributed by atoms with Gasteiger partial charge in [0.05, 0.1) is 23.6 Å². The number of thiazole rings is 1. The van der Waals surface area contributed by atoms with E-state index in [-0.39, 0.29) is 0 Å². The summed E-state index contributed by atoms with van der Waals surface area (Å²) in [6, 6.07) is 1.87. The lowest BCUT2D eigenvalue weighted by atomic mass is 10.2. The summed E-state index contributed by atoms with van der Waals surface area (Å²) in [6.45, 7) is 0. The van der Waals surface area contributed by atoms with Crippen LogP contribution in [0, 0.1) is 0 Å². The third kappa shape index (κ3) is 2.37. The van der Waals surface area contributed by atoms with Crippen LogP contribution in [0.3, 0.4) is 0 Å². The van der Waals surface area contributed by atoms with Gasteiger partial charge in [0.15, 0.2) is 0 Å². The minimum Gasteiger partial charge on any atom is -0.495 e. The number of hydrogen-bond donors (Lipinski definition) is 1. The number of nitrogens with zero attached hydrogens (tertiary/aromatic N) is 1. The average Bonchev–Trinajstić information content (AvgIpc) is 2.86. The number of thiophene rings is 1. The molecular formula is C10H11NO2S2. The van der Waals surface area contributed by atoms with Crippen LogP contribution < -0.4 is 4.74 Å². The van der Waals surface area contributed by atoms with E-state index in [9.17, 15) is 5.11 Å². The van der Waals surface area contributed by atoms with Crippen LogP contribution in [0.1, 0.15) is 15.9 Å². The van der Waals surface area contributed by atoms with Crippen LogP contribution in [0.25, 0.3) is 0 Å². The third-order valence-corrected chi connectivity index (χ3v) is 3.86. The summed E-state index contributed by atoms with van der Waals surface area (Å²) >= 11 is 3.07. The van der Waals surface area contributed by atoms with Crippen molar-refractivity contribution in [1.29, 1.82) is 0 Å².